The number of anilines is 1. The van der Waals surface area contributed by atoms with Gasteiger partial charge in [-0.05, 0) is 40.8 Å². The first-order chi connectivity index (χ1) is 13.0. The third kappa shape index (κ3) is 3.18. The third-order valence-electron chi connectivity index (χ3n) is 4.54. The molecule has 0 aromatic heterocycles. The van der Waals surface area contributed by atoms with E-state index in [0.717, 1.165) is 16.5 Å². The number of amides is 1. The summed E-state index contributed by atoms with van der Waals surface area (Å²) in [5.74, 6) is -0.566. The molecule has 3 aromatic rings. The van der Waals surface area contributed by atoms with Crippen molar-refractivity contribution in [2.45, 2.75) is 11.3 Å². The molecule has 0 spiro atoms. The Bertz CT molecular complexity index is 1190. The van der Waals surface area contributed by atoms with Crippen molar-refractivity contribution in [3.8, 4) is 0 Å². The fourth-order valence-corrected chi connectivity index (χ4v) is 4.55. The first-order valence-electron chi connectivity index (χ1n) is 8.26. The number of sulfonamides is 1. The minimum atomic E-state index is -3.78. The predicted molar refractivity (Wildman–Crippen MR) is 103 cm³/mol. The van der Waals surface area contributed by atoms with Gasteiger partial charge in [-0.25, -0.2) is 13.9 Å². The monoisotopic (exact) mass is 380 g/mol. The van der Waals surface area contributed by atoms with Crippen LogP contribution in [0.15, 0.2) is 71.1 Å². The highest BCUT2D eigenvalue weighted by Crippen LogP contribution is 2.30. The van der Waals surface area contributed by atoms with Crippen molar-refractivity contribution in [3.05, 3.63) is 77.4 Å². The largest absolute Gasteiger partial charge is 0.288 e. The summed E-state index contributed by atoms with van der Waals surface area (Å²) in [4.78, 5) is 11.8. The number of fused-ring (bicyclic) bond motifs is 2. The summed E-state index contributed by atoms with van der Waals surface area (Å²) in [6.45, 7) is 0. The van der Waals surface area contributed by atoms with Crippen molar-refractivity contribution in [1.82, 2.24) is 5.48 Å². The highest BCUT2D eigenvalue weighted by Gasteiger charge is 2.21. The Morgan fingerprint density at radius 2 is 1.78 bits per heavy atom. The van der Waals surface area contributed by atoms with Gasteiger partial charge in [-0.15, -0.1) is 0 Å². The lowest BCUT2D eigenvalue weighted by Crippen LogP contribution is -2.20. The number of carbonyl (C=O) groups excluding carboxylic acids is 1. The molecule has 1 aliphatic rings. The minimum Gasteiger partial charge on any atom is -0.288 e. The number of rotatable bonds is 4. The summed E-state index contributed by atoms with van der Waals surface area (Å²) in [6.07, 6.45) is 2.00. The smallest absolute Gasteiger partial charge is 0.270 e. The molecular formula is C20H16N2O4S. The lowest BCUT2D eigenvalue weighted by Gasteiger charge is -2.12. The van der Waals surface area contributed by atoms with Gasteiger partial charge in [0.15, 0.2) is 0 Å². The lowest BCUT2D eigenvalue weighted by atomic mass is 10.1. The van der Waals surface area contributed by atoms with Crippen molar-refractivity contribution in [3.63, 3.8) is 0 Å². The van der Waals surface area contributed by atoms with Crippen LogP contribution in [-0.4, -0.2) is 19.5 Å². The van der Waals surface area contributed by atoms with Gasteiger partial charge in [0.1, 0.15) is 0 Å². The third-order valence-corrected chi connectivity index (χ3v) is 5.98. The number of carbonyl (C=O) groups is 1. The number of hydrogen-bond donors (Lipinski definition) is 3. The summed E-state index contributed by atoms with van der Waals surface area (Å²) in [5.41, 5.74) is 4.08. The first kappa shape index (κ1) is 17.3. The van der Waals surface area contributed by atoms with Gasteiger partial charge in [0, 0.05) is 23.1 Å². The van der Waals surface area contributed by atoms with E-state index in [1.165, 1.54) is 0 Å². The molecule has 0 bridgehead atoms. The number of benzene rings is 3. The summed E-state index contributed by atoms with van der Waals surface area (Å²) < 4.78 is 28.4. The molecule has 0 fully saturated rings. The van der Waals surface area contributed by atoms with E-state index in [4.69, 9.17) is 5.21 Å². The molecule has 0 radical (unpaired) electrons. The standard InChI is InChI=1S/C20H16N2O4S/c23-20(21-24)16-10-14-8-9-17(12-15(14)11-16)22-27(25,26)19-7-3-5-13-4-1-2-6-18(13)19/h1-10,12,22,24H,11H2,(H,21,23). The molecule has 1 aliphatic carbocycles. The van der Waals surface area contributed by atoms with E-state index in [2.05, 4.69) is 4.72 Å². The normalized spacial score (nSPS) is 13.1. The van der Waals surface area contributed by atoms with Crippen LogP contribution in [0.1, 0.15) is 11.1 Å². The molecule has 6 nitrogen and oxygen atoms in total. The van der Waals surface area contributed by atoms with Gasteiger partial charge in [-0.1, -0.05) is 42.5 Å². The van der Waals surface area contributed by atoms with Crippen molar-refractivity contribution < 1.29 is 18.4 Å². The summed E-state index contributed by atoms with van der Waals surface area (Å²) >= 11 is 0. The van der Waals surface area contributed by atoms with E-state index in [1.54, 1.807) is 54.0 Å². The van der Waals surface area contributed by atoms with Crippen LogP contribution in [0.4, 0.5) is 5.69 Å². The van der Waals surface area contributed by atoms with Gasteiger partial charge in [0.2, 0.25) is 0 Å². The van der Waals surface area contributed by atoms with Crippen LogP contribution in [0.3, 0.4) is 0 Å². The van der Waals surface area contributed by atoms with Gasteiger partial charge >= 0.3 is 0 Å². The molecule has 0 saturated heterocycles. The maximum absolute atomic E-state index is 12.9. The highest BCUT2D eigenvalue weighted by atomic mass is 32.2. The zero-order chi connectivity index (χ0) is 19.0. The molecule has 0 aliphatic heterocycles. The molecular weight excluding hydrogens is 364 g/mol. The molecule has 4 rings (SSSR count). The molecule has 0 saturated carbocycles. The second kappa shape index (κ2) is 6.53. The molecule has 1 amide bonds. The fourth-order valence-electron chi connectivity index (χ4n) is 3.26. The topological polar surface area (TPSA) is 95.5 Å². The van der Waals surface area contributed by atoms with Crippen LogP contribution >= 0.6 is 0 Å². The number of hydroxylamine groups is 1. The zero-order valence-corrected chi connectivity index (χ0v) is 15.0. The predicted octanol–water partition coefficient (Wildman–Crippen LogP) is 3.09. The molecule has 0 atom stereocenters. The Balaban J connectivity index is 1.65. The van der Waals surface area contributed by atoms with Crippen LogP contribution in [-0.2, 0) is 21.2 Å². The second-order valence-corrected chi connectivity index (χ2v) is 7.93. The van der Waals surface area contributed by atoms with Crippen molar-refractivity contribution in [1.29, 1.82) is 0 Å². The second-order valence-electron chi connectivity index (χ2n) is 6.28. The average Bonchev–Trinajstić information content (AvgIpc) is 3.10. The van der Waals surface area contributed by atoms with Gasteiger partial charge in [-0.3, -0.25) is 14.7 Å². The van der Waals surface area contributed by atoms with Crippen molar-refractivity contribution in [2.24, 2.45) is 0 Å². The number of nitrogens with one attached hydrogen (secondary N) is 2. The van der Waals surface area contributed by atoms with E-state index in [-0.39, 0.29) is 4.90 Å². The van der Waals surface area contributed by atoms with E-state index >= 15 is 0 Å². The highest BCUT2D eigenvalue weighted by molar-refractivity contribution is 7.93. The van der Waals surface area contributed by atoms with E-state index in [1.807, 2.05) is 18.2 Å². The molecule has 0 unspecified atom stereocenters. The maximum Gasteiger partial charge on any atom is 0.270 e. The molecule has 136 valence electrons. The molecule has 3 aromatic carbocycles. The van der Waals surface area contributed by atoms with E-state index in [9.17, 15) is 13.2 Å². The van der Waals surface area contributed by atoms with Crippen LogP contribution in [0, 0.1) is 0 Å². The van der Waals surface area contributed by atoms with Gasteiger partial charge < -0.3 is 0 Å². The van der Waals surface area contributed by atoms with Crippen LogP contribution in [0.2, 0.25) is 0 Å². The summed E-state index contributed by atoms with van der Waals surface area (Å²) in [7, 11) is -3.78. The molecule has 3 N–H and O–H groups in total. The van der Waals surface area contributed by atoms with Crippen LogP contribution in [0.5, 0.6) is 0 Å². The molecule has 27 heavy (non-hydrogen) atoms. The Labute approximate surface area is 156 Å². The van der Waals surface area contributed by atoms with Crippen LogP contribution in [0.25, 0.3) is 16.8 Å². The average molecular weight is 380 g/mol. The lowest BCUT2D eigenvalue weighted by molar-refractivity contribution is -0.125. The van der Waals surface area contributed by atoms with Gasteiger partial charge in [-0.2, -0.15) is 0 Å². The Morgan fingerprint density at radius 1 is 1.00 bits per heavy atom. The Kier molecular flexibility index (Phi) is 4.18. The number of hydrogen-bond acceptors (Lipinski definition) is 4. The summed E-state index contributed by atoms with van der Waals surface area (Å²) in [6, 6.07) is 17.5. The molecule has 0 heterocycles. The Hall–Kier alpha value is -3.16. The fraction of sp³-hybridized carbons (Fsp3) is 0.0500. The quantitative estimate of drug-likeness (QED) is 0.479. The van der Waals surface area contributed by atoms with Crippen LogP contribution < -0.4 is 10.2 Å². The minimum absolute atomic E-state index is 0.208. The maximum atomic E-state index is 12.9. The first-order valence-corrected chi connectivity index (χ1v) is 9.75. The summed E-state index contributed by atoms with van der Waals surface area (Å²) in [5, 5.41) is 10.3. The Morgan fingerprint density at radius 3 is 2.59 bits per heavy atom. The van der Waals surface area contributed by atoms with Gasteiger partial charge in [0.25, 0.3) is 15.9 Å². The van der Waals surface area contributed by atoms with Gasteiger partial charge in [0.05, 0.1) is 4.90 Å². The zero-order valence-electron chi connectivity index (χ0n) is 14.1. The SMILES string of the molecule is O=C(NO)C1=Cc2ccc(NS(=O)(=O)c3cccc4ccccc34)cc2C1. The molecule has 7 heteroatoms. The van der Waals surface area contributed by atoms with Crippen molar-refractivity contribution >= 4 is 38.5 Å². The van der Waals surface area contributed by atoms with E-state index in [0.29, 0.717) is 23.1 Å². The van der Waals surface area contributed by atoms with Crippen molar-refractivity contribution in [2.75, 3.05) is 4.72 Å². The van der Waals surface area contributed by atoms with E-state index < -0.39 is 15.9 Å².